The van der Waals surface area contributed by atoms with E-state index in [1.54, 1.807) is 25.1 Å². The highest BCUT2D eigenvalue weighted by Gasteiger charge is 2.15. The van der Waals surface area contributed by atoms with Crippen LogP contribution in [0.3, 0.4) is 0 Å². The Balaban J connectivity index is 1.64. The molecule has 0 aliphatic heterocycles. The van der Waals surface area contributed by atoms with Crippen LogP contribution < -0.4 is 0 Å². The highest BCUT2D eigenvalue weighted by molar-refractivity contribution is 7.98. The predicted octanol–water partition coefficient (Wildman–Crippen LogP) is 5.74. The van der Waals surface area contributed by atoms with Gasteiger partial charge < -0.3 is 4.74 Å². The summed E-state index contributed by atoms with van der Waals surface area (Å²) in [4.78, 5) is 4.51. The lowest BCUT2D eigenvalue weighted by Crippen LogP contribution is -2.07. The molecule has 2 heterocycles. The molecule has 4 rings (SSSR count). The van der Waals surface area contributed by atoms with Crippen LogP contribution in [0, 0.1) is 0 Å². The Hall–Kier alpha value is -2.12. The van der Waals surface area contributed by atoms with E-state index in [0.717, 1.165) is 33.0 Å². The van der Waals surface area contributed by atoms with Crippen molar-refractivity contribution in [3.8, 4) is 11.4 Å². The molecule has 0 spiro atoms. The summed E-state index contributed by atoms with van der Waals surface area (Å²) < 4.78 is 7.35. The Morgan fingerprint density at radius 1 is 1.03 bits per heavy atom. The van der Waals surface area contributed by atoms with E-state index < -0.39 is 0 Å². The van der Waals surface area contributed by atoms with Crippen molar-refractivity contribution in [1.82, 2.24) is 19.7 Å². The second-order valence-corrected chi connectivity index (χ2v) is 8.14. The van der Waals surface area contributed by atoms with Crippen molar-refractivity contribution in [3.05, 3.63) is 70.3 Å². The molecule has 0 saturated carbocycles. The van der Waals surface area contributed by atoms with Crippen molar-refractivity contribution >= 4 is 45.9 Å². The van der Waals surface area contributed by atoms with E-state index in [0.29, 0.717) is 28.9 Å². The molecule has 2 aromatic carbocycles. The molecule has 0 atom stereocenters. The summed E-state index contributed by atoms with van der Waals surface area (Å²) in [5.74, 6) is 1.50. The Bertz CT molecular complexity index is 1130. The van der Waals surface area contributed by atoms with Crippen LogP contribution in [0.2, 0.25) is 10.0 Å². The Kier molecular flexibility index (Phi) is 6.35. The van der Waals surface area contributed by atoms with Gasteiger partial charge in [0.15, 0.2) is 11.0 Å². The average molecular weight is 445 g/mol. The largest absolute Gasteiger partial charge is 0.383 e. The number of methoxy groups -OCH3 is 1. The molecule has 0 fully saturated rings. The summed E-state index contributed by atoms with van der Waals surface area (Å²) in [5.41, 5.74) is 2.97. The number of halogens is 2. The molecule has 4 aromatic rings. The van der Waals surface area contributed by atoms with E-state index in [1.165, 1.54) is 0 Å². The number of nitrogens with zero attached hydrogens (tertiary/aromatic N) is 4. The van der Waals surface area contributed by atoms with Crippen molar-refractivity contribution < 1.29 is 4.74 Å². The monoisotopic (exact) mass is 444 g/mol. The van der Waals surface area contributed by atoms with E-state index in [1.807, 2.05) is 48.5 Å². The van der Waals surface area contributed by atoms with Gasteiger partial charge in [-0.1, -0.05) is 41.0 Å². The maximum absolute atomic E-state index is 6.31. The number of hydrogen-bond acceptors (Lipinski definition) is 5. The third-order valence-electron chi connectivity index (χ3n) is 4.50. The third kappa shape index (κ3) is 4.41. The van der Waals surface area contributed by atoms with Gasteiger partial charge in [0, 0.05) is 40.1 Å². The molecular weight excluding hydrogens is 427 g/mol. The van der Waals surface area contributed by atoms with Gasteiger partial charge >= 0.3 is 0 Å². The SMILES string of the molecule is COCCn1c(SCc2ccc(Cl)c3cccnc23)nnc1-c1ccc(Cl)cc1. The van der Waals surface area contributed by atoms with Crippen LogP contribution in [-0.4, -0.2) is 33.5 Å². The fourth-order valence-corrected chi connectivity index (χ4v) is 4.34. The molecule has 0 aliphatic rings. The molecule has 0 N–H and O–H groups in total. The second kappa shape index (κ2) is 9.13. The van der Waals surface area contributed by atoms with Gasteiger partial charge in [-0.2, -0.15) is 0 Å². The van der Waals surface area contributed by atoms with Gasteiger partial charge in [0.05, 0.1) is 18.7 Å². The number of rotatable bonds is 7. The fraction of sp³-hybridized carbons (Fsp3) is 0.190. The van der Waals surface area contributed by atoms with E-state index in [2.05, 4.69) is 19.7 Å². The molecule has 5 nitrogen and oxygen atoms in total. The summed E-state index contributed by atoms with van der Waals surface area (Å²) in [5, 5.41) is 12.0. The first-order valence-corrected chi connectivity index (χ1v) is 10.7. The van der Waals surface area contributed by atoms with Crippen LogP contribution in [0.4, 0.5) is 0 Å². The maximum atomic E-state index is 6.31. The quantitative estimate of drug-likeness (QED) is 0.340. The number of ether oxygens (including phenoxy) is 1. The Morgan fingerprint density at radius 2 is 1.86 bits per heavy atom. The van der Waals surface area contributed by atoms with E-state index >= 15 is 0 Å². The van der Waals surface area contributed by atoms with E-state index in [4.69, 9.17) is 27.9 Å². The summed E-state index contributed by atoms with van der Waals surface area (Å²) in [6, 6.07) is 15.4. The van der Waals surface area contributed by atoms with Crippen molar-refractivity contribution in [3.63, 3.8) is 0 Å². The topological polar surface area (TPSA) is 52.8 Å². The number of hydrogen-bond donors (Lipinski definition) is 0. The van der Waals surface area contributed by atoms with Gasteiger partial charge in [-0.15, -0.1) is 10.2 Å². The molecular formula is C21H18Cl2N4OS. The number of fused-ring (bicyclic) bond motifs is 1. The van der Waals surface area contributed by atoms with Crippen molar-refractivity contribution in [2.75, 3.05) is 13.7 Å². The lowest BCUT2D eigenvalue weighted by molar-refractivity contribution is 0.185. The minimum atomic E-state index is 0.567. The molecule has 29 heavy (non-hydrogen) atoms. The molecule has 148 valence electrons. The molecule has 0 unspecified atom stereocenters. The second-order valence-electron chi connectivity index (χ2n) is 6.35. The first-order valence-electron chi connectivity index (χ1n) is 9.00. The van der Waals surface area contributed by atoms with Gasteiger partial charge in [-0.05, 0) is 48.0 Å². The van der Waals surface area contributed by atoms with Gasteiger partial charge in [-0.25, -0.2) is 0 Å². The molecule has 0 amide bonds. The summed E-state index contributed by atoms with van der Waals surface area (Å²) in [6.45, 7) is 1.22. The zero-order valence-electron chi connectivity index (χ0n) is 15.7. The number of benzene rings is 2. The minimum Gasteiger partial charge on any atom is -0.383 e. The van der Waals surface area contributed by atoms with Gasteiger partial charge in [0.1, 0.15) is 0 Å². The third-order valence-corrected chi connectivity index (χ3v) is 6.09. The summed E-state index contributed by atoms with van der Waals surface area (Å²) >= 11 is 14.0. The van der Waals surface area contributed by atoms with E-state index in [-0.39, 0.29) is 0 Å². The predicted molar refractivity (Wildman–Crippen MR) is 119 cm³/mol. The lowest BCUT2D eigenvalue weighted by Gasteiger charge is -2.11. The highest BCUT2D eigenvalue weighted by Crippen LogP contribution is 2.31. The molecule has 0 bridgehead atoms. The van der Waals surface area contributed by atoms with Crippen LogP contribution in [0.5, 0.6) is 0 Å². The molecule has 0 aliphatic carbocycles. The molecule has 0 radical (unpaired) electrons. The number of aromatic nitrogens is 4. The summed E-state index contributed by atoms with van der Waals surface area (Å²) in [7, 11) is 1.69. The highest BCUT2D eigenvalue weighted by atomic mass is 35.5. The van der Waals surface area contributed by atoms with Crippen LogP contribution in [-0.2, 0) is 17.0 Å². The van der Waals surface area contributed by atoms with Crippen molar-refractivity contribution in [1.29, 1.82) is 0 Å². The molecule has 0 saturated heterocycles. The van der Waals surface area contributed by atoms with Gasteiger partial charge in [0.2, 0.25) is 0 Å². The van der Waals surface area contributed by atoms with Crippen LogP contribution >= 0.6 is 35.0 Å². The Morgan fingerprint density at radius 3 is 2.66 bits per heavy atom. The maximum Gasteiger partial charge on any atom is 0.191 e. The average Bonchev–Trinajstić information content (AvgIpc) is 3.15. The Labute approximate surface area is 183 Å². The fourth-order valence-electron chi connectivity index (χ4n) is 3.05. The first-order chi connectivity index (χ1) is 14.2. The van der Waals surface area contributed by atoms with Crippen LogP contribution in [0.25, 0.3) is 22.3 Å². The normalized spacial score (nSPS) is 11.3. The van der Waals surface area contributed by atoms with Crippen LogP contribution in [0.1, 0.15) is 5.56 Å². The lowest BCUT2D eigenvalue weighted by atomic mass is 10.1. The zero-order valence-corrected chi connectivity index (χ0v) is 18.0. The number of pyridine rings is 1. The first kappa shape index (κ1) is 20.2. The van der Waals surface area contributed by atoms with E-state index in [9.17, 15) is 0 Å². The number of thioether (sulfide) groups is 1. The van der Waals surface area contributed by atoms with Crippen molar-refractivity contribution in [2.45, 2.75) is 17.5 Å². The molecule has 8 heteroatoms. The van der Waals surface area contributed by atoms with Gasteiger partial charge in [0.25, 0.3) is 0 Å². The van der Waals surface area contributed by atoms with Crippen LogP contribution in [0.15, 0.2) is 59.9 Å². The standard InChI is InChI=1S/C21H18Cl2N4OS/c1-28-12-11-27-20(14-4-7-16(22)8-5-14)25-26-21(27)29-13-15-6-9-18(23)17-3-2-10-24-19(15)17/h2-10H,11-13H2,1H3. The smallest absolute Gasteiger partial charge is 0.191 e. The zero-order chi connectivity index (χ0) is 20.2. The summed E-state index contributed by atoms with van der Waals surface area (Å²) in [6.07, 6.45) is 1.78. The van der Waals surface area contributed by atoms with Crippen molar-refractivity contribution in [2.24, 2.45) is 0 Å². The van der Waals surface area contributed by atoms with Gasteiger partial charge in [-0.3, -0.25) is 9.55 Å². The molecule has 2 aromatic heterocycles. The minimum absolute atomic E-state index is 0.567.